The molecule has 158 valence electrons. The Morgan fingerprint density at radius 1 is 1.29 bits per heavy atom. The molecule has 0 bridgehead atoms. The smallest absolute Gasteiger partial charge is 0.273 e. The van der Waals surface area contributed by atoms with Gasteiger partial charge in [-0.25, -0.2) is 8.42 Å². The van der Waals surface area contributed by atoms with Crippen LogP contribution in [0.1, 0.15) is 81.0 Å². The number of carbonyl (C=O) groups excluding carboxylic acids is 1. The molecule has 3 rings (SSSR count). The van der Waals surface area contributed by atoms with Crippen molar-refractivity contribution in [1.29, 1.82) is 0 Å². The Bertz CT molecular complexity index is 761. The van der Waals surface area contributed by atoms with Crippen molar-refractivity contribution in [1.82, 2.24) is 14.8 Å². The molecule has 1 amide bonds. The fraction of sp³-hybridized carbons (Fsp3) is 0.789. The van der Waals surface area contributed by atoms with Crippen LogP contribution in [0.2, 0.25) is 0 Å². The lowest BCUT2D eigenvalue weighted by molar-refractivity contribution is 0.0866. The fourth-order valence-corrected chi connectivity index (χ4v) is 6.23. The molecule has 8 nitrogen and oxygen atoms in total. The van der Waals surface area contributed by atoms with E-state index in [1.54, 1.807) is 10.4 Å². The van der Waals surface area contributed by atoms with Crippen molar-refractivity contribution in [3.63, 3.8) is 0 Å². The molecular weight excluding hydrogens is 380 g/mol. The summed E-state index contributed by atoms with van der Waals surface area (Å²) in [5.74, 6) is 1.02. The second-order valence-electron chi connectivity index (χ2n) is 7.94. The number of sulfonamides is 1. The second-order valence-corrected chi connectivity index (χ2v) is 9.94. The molecule has 1 aromatic heterocycles. The Hall–Kier alpha value is -1.45. The molecule has 2 aliphatic rings. The van der Waals surface area contributed by atoms with Gasteiger partial charge in [-0.15, -0.1) is 0 Å². The second kappa shape index (κ2) is 8.92. The average molecular weight is 413 g/mol. The summed E-state index contributed by atoms with van der Waals surface area (Å²) in [5, 5.41) is 6.95. The van der Waals surface area contributed by atoms with Crippen LogP contribution in [-0.2, 0) is 10.0 Å². The minimum Gasteiger partial charge on any atom is -0.360 e. The molecule has 1 unspecified atom stereocenters. The zero-order valence-corrected chi connectivity index (χ0v) is 17.6. The Kier molecular flexibility index (Phi) is 6.77. The van der Waals surface area contributed by atoms with Gasteiger partial charge in [0.15, 0.2) is 5.69 Å². The summed E-state index contributed by atoms with van der Waals surface area (Å²) in [6, 6.07) is 1.41. The number of nitrogens with two attached hydrogens (primary N) is 1. The molecule has 1 aliphatic heterocycles. The van der Waals surface area contributed by atoms with Crippen LogP contribution in [0.15, 0.2) is 10.6 Å². The van der Waals surface area contributed by atoms with Gasteiger partial charge in [0.2, 0.25) is 10.0 Å². The van der Waals surface area contributed by atoms with Crippen molar-refractivity contribution in [3.8, 4) is 0 Å². The van der Waals surface area contributed by atoms with E-state index in [0.29, 0.717) is 50.3 Å². The number of aromatic nitrogens is 1. The highest BCUT2D eigenvalue weighted by Crippen LogP contribution is 2.40. The summed E-state index contributed by atoms with van der Waals surface area (Å²) in [6.45, 7) is 4.35. The Labute approximate surface area is 167 Å². The van der Waals surface area contributed by atoms with Crippen LogP contribution in [-0.4, -0.2) is 54.2 Å². The lowest BCUT2D eigenvalue weighted by Gasteiger charge is -2.44. The summed E-state index contributed by atoms with van der Waals surface area (Å²) in [7, 11) is -3.36. The van der Waals surface area contributed by atoms with E-state index in [1.807, 2.05) is 13.8 Å². The van der Waals surface area contributed by atoms with E-state index in [-0.39, 0.29) is 29.8 Å². The van der Waals surface area contributed by atoms with Crippen molar-refractivity contribution >= 4 is 15.9 Å². The first-order valence-corrected chi connectivity index (χ1v) is 12.0. The molecular formula is C19H32N4O4S. The molecule has 3 N–H and O–H groups in total. The summed E-state index contributed by atoms with van der Waals surface area (Å²) < 4.78 is 32.7. The van der Waals surface area contributed by atoms with Gasteiger partial charge in [-0.05, 0) is 51.5 Å². The number of piperidine rings is 1. The van der Waals surface area contributed by atoms with Crippen molar-refractivity contribution in [2.24, 2.45) is 5.73 Å². The van der Waals surface area contributed by atoms with E-state index >= 15 is 0 Å². The number of nitrogens with zero attached hydrogens (tertiary/aromatic N) is 2. The van der Waals surface area contributed by atoms with Crippen molar-refractivity contribution in [3.05, 3.63) is 17.5 Å². The molecule has 0 aromatic carbocycles. The normalized spacial score (nSPS) is 26.3. The van der Waals surface area contributed by atoms with Gasteiger partial charge >= 0.3 is 0 Å². The molecule has 1 saturated heterocycles. The standard InChI is InChI=1S/C19H32N4O4S/c1-3-15-10-14(11-16(4-2)23(15)28(25,26)9-5-8-20)21-19(24)17-12-18(27-22-17)13-6-7-13/h12-16H,3-11,20H2,1-2H3,(H,21,24)/t14?,15-,16+. The van der Waals surface area contributed by atoms with Crippen LogP contribution in [0.3, 0.4) is 0 Å². The Morgan fingerprint density at radius 3 is 2.46 bits per heavy atom. The molecule has 0 radical (unpaired) electrons. The number of rotatable bonds is 9. The maximum absolute atomic E-state index is 12.9. The third-order valence-corrected chi connectivity index (χ3v) is 7.82. The lowest BCUT2D eigenvalue weighted by Crippen LogP contribution is -2.57. The maximum Gasteiger partial charge on any atom is 0.273 e. The van der Waals surface area contributed by atoms with Crippen molar-refractivity contribution in [2.75, 3.05) is 12.3 Å². The summed E-state index contributed by atoms with van der Waals surface area (Å²) in [5.41, 5.74) is 5.82. The monoisotopic (exact) mass is 412 g/mol. The minimum absolute atomic E-state index is 0.0792. The first kappa shape index (κ1) is 21.3. The van der Waals surface area contributed by atoms with E-state index in [4.69, 9.17) is 10.3 Å². The van der Waals surface area contributed by atoms with Crippen molar-refractivity contribution < 1.29 is 17.7 Å². The zero-order valence-electron chi connectivity index (χ0n) is 16.8. The third-order valence-electron chi connectivity index (χ3n) is 5.78. The van der Waals surface area contributed by atoms with Gasteiger partial charge in [-0.1, -0.05) is 19.0 Å². The van der Waals surface area contributed by atoms with Gasteiger partial charge in [0.05, 0.1) is 5.75 Å². The number of hydrogen-bond acceptors (Lipinski definition) is 6. The van der Waals surface area contributed by atoms with Gasteiger partial charge in [0, 0.05) is 30.1 Å². The van der Waals surface area contributed by atoms with E-state index in [0.717, 1.165) is 18.6 Å². The largest absolute Gasteiger partial charge is 0.360 e. The van der Waals surface area contributed by atoms with Crippen LogP contribution in [0.5, 0.6) is 0 Å². The predicted molar refractivity (Wildman–Crippen MR) is 106 cm³/mol. The van der Waals surface area contributed by atoms with Gasteiger partial charge in [0.1, 0.15) is 5.76 Å². The number of amides is 1. The lowest BCUT2D eigenvalue weighted by atomic mass is 9.91. The molecule has 1 saturated carbocycles. The number of nitrogens with one attached hydrogen (secondary N) is 1. The molecule has 9 heteroatoms. The fourth-order valence-electron chi connectivity index (χ4n) is 4.11. The molecule has 2 fully saturated rings. The minimum atomic E-state index is -3.36. The molecule has 28 heavy (non-hydrogen) atoms. The Morgan fingerprint density at radius 2 is 1.93 bits per heavy atom. The van der Waals surface area contributed by atoms with Crippen LogP contribution >= 0.6 is 0 Å². The van der Waals surface area contributed by atoms with Crippen molar-refractivity contribution in [2.45, 2.75) is 82.8 Å². The summed E-state index contributed by atoms with van der Waals surface area (Å²) >= 11 is 0. The van der Waals surface area contributed by atoms with Gasteiger partial charge in [-0.3, -0.25) is 4.79 Å². The molecule has 3 atom stereocenters. The number of carbonyl (C=O) groups is 1. The van der Waals surface area contributed by atoms with Gasteiger partial charge < -0.3 is 15.6 Å². The van der Waals surface area contributed by atoms with E-state index in [1.165, 1.54) is 0 Å². The highest BCUT2D eigenvalue weighted by Gasteiger charge is 2.41. The van der Waals surface area contributed by atoms with Crippen LogP contribution in [0.4, 0.5) is 0 Å². The maximum atomic E-state index is 12.9. The van der Waals surface area contributed by atoms with E-state index in [9.17, 15) is 13.2 Å². The van der Waals surface area contributed by atoms with Crippen LogP contribution < -0.4 is 11.1 Å². The molecule has 1 aliphatic carbocycles. The molecule has 1 aromatic rings. The average Bonchev–Trinajstić information content (AvgIpc) is 3.41. The topological polar surface area (TPSA) is 119 Å². The first-order valence-electron chi connectivity index (χ1n) is 10.4. The zero-order chi connectivity index (χ0) is 20.3. The quantitative estimate of drug-likeness (QED) is 0.640. The molecule has 2 heterocycles. The first-order chi connectivity index (χ1) is 13.4. The Balaban J connectivity index is 1.68. The van der Waals surface area contributed by atoms with Gasteiger partial charge in [0.25, 0.3) is 5.91 Å². The third kappa shape index (κ3) is 4.75. The summed E-state index contributed by atoms with van der Waals surface area (Å²) in [6.07, 6.45) is 5.26. The SMILES string of the molecule is CC[C@@H]1CC(NC(=O)c2cc(C3CC3)on2)C[C@H](CC)N1S(=O)(=O)CCCN. The molecule has 0 spiro atoms. The predicted octanol–water partition coefficient (Wildman–Crippen LogP) is 1.98. The van der Waals surface area contributed by atoms with Crippen LogP contribution in [0, 0.1) is 0 Å². The highest BCUT2D eigenvalue weighted by atomic mass is 32.2. The number of hydrogen-bond donors (Lipinski definition) is 2. The highest BCUT2D eigenvalue weighted by molar-refractivity contribution is 7.89. The van der Waals surface area contributed by atoms with Gasteiger partial charge in [-0.2, -0.15) is 4.31 Å². The summed E-state index contributed by atoms with van der Waals surface area (Å²) in [4.78, 5) is 12.6. The van der Waals surface area contributed by atoms with E-state index in [2.05, 4.69) is 10.5 Å². The van der Waals surface area contributed by atoms with Crippen LogP contribution in [0.25, 0.3) is 0 Å². The van der Waals surface area contributed by atoms with E-state index < -0.39 is 10.0 Å².